The van der Waals surface area contributed by atoms with Crippen LogP contribution in [0.3, 0.4) is 0 Å². The molecule has 0 unspecified atom stereocenters. The molecule has 0 aliphatic rings. The molecule has 0 aliphatic heterocycles. The summed E-state index contributed by atoms with van der Waals surface area (Å²) in [6, 6.07) is 36.0. The van der Waals surface area contributed by atoms with E-state index in [1.54, 1.807) is 0 Å². The fraction of sp³-hybridized carbons (Fsp3) is 0.111. The molecule has 0 fully saturated rings. The second kappa shape index (κ2) is 21.4. The summed E-state index contributed by atoms with van der Waals surface area (Å²) in [4.78, 5) is 0. The Balaban J connectivity index is 0.000000521. The van der Waals surface area contributed by atoms with E-state index in [2.05, 4.69) is 93.5 Å². The van der Waals surface area contributed by atoms with Crippen LogP contribution in [0.2, 0.25) is 0 Å². The topological polar surface area (TPSA) is 40.5 Å². The van der Waals surface area contributed by atoms with Crippen LogP contribution in [0.1, 0.15) is 25.0 Å². The molecule has 6 rings (SSSR count). The first kappa shape index (κ1) is 38.7. The van der Waals surface area contributed by atoms with E-state index in [1.807, 2.05) is 0 Å². The van der Waals surface area contributed by atoms with Crippen molar-refractivity contribution in [2.45, 2.75) is 26.7 Å². The molecule has 2 N–H and O–H groups in total. The van der Waals surface area contributed by atoms with Gasteiger partial charge in [0.1, 0.15) is 23.1 Å². The molecule has 6 aromatic carbocycles. The van der Waals surface area contributed by atoms with Crippen LogP contribution in [0.4, 0.5) is 8.78 Å². The Hall–Kier alpha value is -3.34. The number of hydrogen-bond donors (Lipinski definition) is 2. The van der Waals surface area contributed by atoms with Crippen LogP contribution >= 0.6 is 0 Å². The normalized spacial score (nSPS) is 9.12. The summed E-state index contributed by atoms with van der Waals surface area (Å²) in [7, 11) is 0. The van der Waals surface area contributed by atoms with Gasteiger partial charge in [0.25, 0.3) is 0 Å². The van der Waals surface area contributed by atoms with Gasteiger partial charge in [-0.1, -0.05) is 26.0 Å². The molecule has 6 heteroatoms. The maximum absolute atomic E-state index is 12.0. The molecule has 220 valence electrons. The number of phenols is 2. The van der Waals surface area contributed by atoms with Gasteiger partial charge in [0.05, 0.1) is 0 Å². The molecular formula is C36H38F2O2SiZr-4. The number of aryl methyl sites for hydroxylation is 2. The molecule has 2 nitrogen and oxygen atoms in total. The van der Waals surface area contributed by atoms with Gasteiger partial charge in [0.2, 0.25) is 0 Å². The summed E-state index contributed by atoms with van der Waals surface area (Å²) in [6.45, 7) is 7.44. The first-order chi connectivity index (χ1) is 19.4. The van der Waals surface area contributed by atoms with Gasteiger partial charge in [-0.05, 0) is 61.4 Å². The van der Waals surface area contributed by atoms with E-state index >= 15 is 0 Å². The van der Waals surface area contributed by atoms with E-state index in [1.165, 1.54) is 105 Å². The van der Waals surface area contributed by atoms with Crippen LogP contribution in [-0.2, 0) is 36.2 Å². The molecule has 0 spiro atoms. The second-order valence-corrected chi connectivity index (χ2v) is 8.64. The fourth-order valence-electron chi connectivity index (χ4n) is 3.72. The first-order valence-electron chi connectivity index (χ1n) is 12.8. The van der Waals surface area contributed by atoms with E-state index in [4.69, 9.17) is 10.2 Å². The standard InChI is InChI=1S/2C11H11.2C6H5FO.2CH3.Si.Zr/c2*1-2-9-7-10-5-3-4-6-11(10)8-9;2*7-5-1-3-6(8)4-2-5;;;;/h2*3-8H,2H2,1H3;2*1-4,8H;2*1H3;;/q2*-1;;;2*-1;;. The number of rotatable bonds is 2. The quantitative estimate of drug-likeness (QED) is 0.144. The number of fused-ring (bicyclic) bond motifs is 2. The van der Waals surface area contributed by atoms with Gasteiger partial charge in [0.15, 0.2) is 0 Å². The Morgan fingerprint density at radius 3 is 1.14 bits per heavy atom. The van der Waals surface area contributed by atoms with Gasteiger partial charge in [-0.15, -0.1) is 81.2 Å². The third-order valence-electron chi connectivity index (χ3n) is 5.83. The molecule has 0 saturated carbocycles. The van der Waals surface area contributed by atoms with E-state index in [0.717, 1.165) is 12.8 Å². The maximum atomic E-state index is 12.0. The predicted molar refractivity (Wildman–Crippen MR) is 173 cm³/mol. The Morgan fingerprint density at radius 1 is 0.571 bits per heavy atom. The van der Waals surface area contributed by atoms with Gasteiger partial charge < -0.3 is 25.1 Å². The van der Waals surface area contributed by atoms with Crippen molar-refractivity contribution >= 4 is 28.4 Å². The van der Waals surface area contributed by atoms with Crippen LogP contribution in [0.15, 0.2) is 121 Å². The van der Waals surface area contributed by atoms with Crippen molar-refractivity contribution in [1.29, 1.82) is 0 Å². The number of hydrogen-bond acceptors (Lipinski definition) is 2. The Labute approximate surface area is 266 Å². The van der Waals surface area contributed by atoms with Crippen molar-refractivity contribution in [3.05, 3.63) is 159 Å². The van der Waals surface area contributed by atoms with Crippen molar-refractivity contribution in [2.75, 3.05) is 0 Å². The van der Waals surface area contributed by atoms with Crippen LogP contribution in [0.25, 0.3) is 21.5 Å². The molecule has 0 aliphatic carbocycles. The number of phenolic OH excluding ortho intramolecular Hbond substituents is 2. The van der Waals surface area contributed by atoms with Gasteiger partial charge >= 0.3 is 30.2 Å². The van der Waals surface area contributed by atoms with Crippen molar-refractivity contribution in [3.8, 4) is 11.5 Å². The Bertz CT molecular complexity index is 1320. The minimum absolute atomic E-state index is 0. The summed E-state index contributed by atoms with van der Waals surface area (Å²) in [5, 5.41) is 22.6. The van der Waals surface area contributed by atoms with Crippen molar-refractivity contribution in [1.82, 2.24) is 0 Å². The molecule has 0 bridgehead atoms. The number of halogens is 2. The Kier molecular flexibility index (Phi) is 19.7. The SMILES string of the molecule is CCc1cc2ccccc2[cH-]1.CCc1cc2ccccc2[cH-]1.Oc1ccc(F)cc1.Oc1ccc(F)cc1.[CH3-].[CH3-].[Si]=[Zr]. The van der Waals surface area contributed by atoms with Gasteiger partial charge in [-0.2, -0.15) is 12.1 Å². The molecule has 0 heterocycles. The van der Waals surface area contributed by atoms with Crippen LogP contribution in [0.5, 0.6) is 11.5 Å². The van der Waals surface area contributed by atoms with E-state index in [9.17, 15) is 8.78 Å². The second-order valence-electron chi connectivity index (χ2n) is 8.64. The molecule has 42 heavy (non-hydrogen) atoms. The van der Waals surface area contributed by atoms with Crippen molar-refractivity contribution < 1.29 is 42.3 Å². The van der Waals surface area contributed by atoms with E-state index < -0.39 is 0 Å². The monoisotopic (exact) mass is 658 g/mol. The molecule has 6 aromatic rings. The summed E-state index contributed by atoms with van der Waals surface area (Å²) < 4.78 is 24.0. The zero-order valence-corrected chi connectivity index (χ0v) is 28.1. The summed E-state index contributed by atoms with van der Waals surface area (Å²) in [6.07, 6.45) is 2.27. The first-order valence-corrected chi connectivity index (χ1v) is 17.0. The number of aromatic hydroxyl groups is 2. The van der Waals surface area contributed by atoms with Gasteiger partial charge in [0, 0.05) is 0 Å². The predicted octanol–water partition coefficient (Wildman–Crippen LogP) is 9.82. The fourth-order valence-corrected chi connectivity index (χ4v) is 3.72. The average molecular weight is 660 g/mol. The average Bonchev–Trinajstić information content (AvgIpc) is 3.62. The van der Waals surface area contributed by atoms with Crippen LogP contribution < -0.4 is 0 Å². The summed E-state index contributed by atoms with van der Waals surface area (Å²) in [5.41, 5.74) is 2.87. The minimum atomic E-state index is -0.331. The third-order valence-corrected chi connectivity index (χ3v) is 5.83. The van der Waals surface area contributed by atoms with Crippen LogP contribution in [-0.4, -0.2) is 17.1 Å². The molecule has 0 aromatic heterocycles. The molecule has 0 amide bonds. The van der Waals surface area contributed by atoms with E-state index in [0.29, 0.717) is 0 Å². The number of benzene rings is 4. The molecule has 2 radical (unpaired) electrons. The van der Waals surface area contributed by atoms with Crippen molar-refractivity contribution in [2.24, 2.45) is 0 Å². The van der Waals surface area contributed by atoms with E-state index in [-0.39, 0.29) is 38.0 Å². The molecule has 0 atom stereocenters. The van der Waals surface area contributed by atoms with Gasteiger partial charge in [-0.3, -0.25) is 0 Å². The Morgan fingerprint density at radius 2 is 0.881 bits per heavy atom. The van der Waals surface area contributed by atoms with Gasteiger partial charge in [-0.25, -0.2) is 8.78 Å². The third kappa shape index (κ3) is 13.5. The molecular weight excluding hydrogens is 622 g/mol. The summed E-state index contributed by atoms with van der Waals surface area (Å²) >= 11 is 1.36. The van der Waals surface area contributed by atoms with Crippen molar-refractivity contribution in [3.63, 3.8) is 0 Å². The zero-order chi connectivity index (χ0) is 29.3. The van der Waals surface area contributed by atoms with Crippen LogP contribution in [0, 0.1) is 26.5 Å². The zero-order valence-electron chi connectivity index (χ0n) is 24.6. The molecule has 0 saturated heterocycles. The summed E-state index contributed by atoms with van der Waals surface area (Å²) in [5.74, 6) is -0.483.